The van der Waals surface area contributed by atoms with E-state index in [0.717, 1.165) is 24.3 Å². The molecule has 1 saturated heterocycles. The summed E-state index contributed by atoms with van der Waals surface area (Å²) in [6.07, 6.45) is 9.28. The van der Waals surface area contributed by atoms with Crippen molar-refractivity contribution in [2.75, 3.05) is 12.4 Å². The monoisotopic (exact) mass is 325 g/mol. The predicted octanol–water partition coefficient (Wildman–Crippen LogP) is 4.24. The van der Waals surface area contributed by atoms with E-state index in [-0.39, 0.29) is 12.4 Å². The first-order valence-corrected chi connectivity index (χ1v) is 8.79. The molecule has 0 unspecified atom stereocenters. The first kappa shape index (κ1) is 15.6. The van der Waals surface area contributed by atoms with Crippen LogP contribution in [0.4, 0.5) is 0 Å². The van der Waals surface area contributed by atoms with E-state index in [1.54, 1.807) is 16.7 Å². The van der Waals surface area contributed by atoms with Gasteiger partial charge in [-0.3, -0.25) is 0 Å². The van der Waals surface area contributed by atoms with Crippen LogP contribution in [0.2, 0.25) is 0 Å². The van der Waals surface area contributed by atoms with Crippen LogP contribution >= 0.6 is 24.0 Å². The lowest BCUT2D eigenvalue weighted by Crippen LogP contribution is -2.59. The Labute approximate surface area is 139 Å². The summed E-state index contributed by atoms with van der Waals surface area (Å²) in [6.45, 7) is 1.20. The molecule has 1 nitrogen and oxygen atoms in total. The highest BCUT2D eigenvalue weighted by molar-refractivity contribution is 6.18. The number of hydrogen-bond donors (Lipinski definition) is 1. The van der Waals surface area contributed by atoms with Crippen LogP contribution in [-0.4, -0.2) is 18.5 Å². The molecule has 3 atom stereocenters. The van der Waals surface area contributed by atoms with Gasteiger partial charge in [-0.2, -0.15) is 0 Å². The van der Waals surface area contributed by atoms with Gasteiger partial charge < -0.3 is 5.32 Å². The number of alkyl halides is 1. The Morgan fingerprint density at radius 3 is 3.00 bits per heavy atom. The molecular formula is C18H25Cl2N. The number of piperidine rings is 1. The van der Waals surface area contributed by atoms with Crippen molar-refractivity contribution < 1.29 is 0 Å². The molecule has 3 aliphatic rings. The van der Waals surface area contributed by atoms with Crippen molar-refractivity contribution >= 4 is 24.0 Å². The minimum absolute atomic E-state index is 0. The first-order valence-electron chi connectivity index (χ1n) is 8.26. The Kier molecular flexibility index (Phi) is 4.55. The van der Waals surface area contributed by atoms with E-state index in [4.69, 9.17) is 11.6 Å². The minimum Gasteiger partial charge on any atom is -0.313 e. The summed E-state index contributed by atoms with van der Waals surface area (Å²) >= 11 is 6.07. The molecule has 1 saturated carbocycles. The molecule has 2 aliphatic carbocycles. The van der Waals surface area contributed by atoms with Gasteiger partial charge in [0, 0.05) is 17.3 Å². The zero-order chi connectivity index (χ0) is 13.6. The molecule has 116 valence electrons. The molecule has 1 aliphatic heterocycles. The maximum absolute atomic E-state index is 6.07. The van der Waals surface area contributed by atoms with E-state index >= 15 is 0 Å². The van der Waals surface area contributed by atoms with Crippen LogP contribution in [0.25, 0.3) is 0 Å². The number of fused-ring (bicyclic) bond motifs is 1. The average molecular weight is 326 g/mol. The highest BCUT2D eigenvalue weighted by Gasteiger charge is 2.51. The van der Waals surface area contributed by atoms with Crippen molar-refractivity contribution in [1.82, 2.24) is 5.32 Å². The van der Waals surface area contributed by atoms with Crippen molar-refractivity contribution in [1.29, 1.82) is 0 Å². The van der Waals surface area contributed by atoms with Gasteiger partial charge in [0.1, 0.15) is 0 Å². The number of hydrogen-bond acceptors (Lipinski definition) is 1. The molecule has 0 amide bonds. The quantitative estimate of drug-likeness (QED) is 0.802. The van der Waals surface area contributed by atoms with Crippen LogP contribution in [0.15, 0.2) is 18.2 Å². The average Bonchev–Trinajstić information content (AvgIpc) is 2.47. The van der Waals surface area contributed by atoms with Gasteiger partial charge >= 0.3 is 0 Å². The fourth-order valence-corrected chi connectivity index (χ4v) is 5.65. The molecule has 1 N–H and O–H groups in total. The van der Waals surface area contributed by atoms with Crippen molar-refractivity contribution in [3.63, 3.8) is 0 Å². The van der Waals surface area contributed by atoms with Gasteiger partial charge in [-0.25, -0.2) is 0 Å². The Morgan fingerprint density at radius 1 is 1.24 bits per heavy atom. The number of nitrogens with one attached hydrogen (secondary N) is 1. The third-order valence-corrected chi connectivity index (χ3v) is 6.29. The smallest absolute Gasteiger partial charge is 0.0264 e. The number of halogens is 2. The van der Waals surface area contributed by atoms with E-state index in [0.29, 0.717) is 5.41 Å². The van der Waals surface area contributed by atoms with E-state index in [1.165, 1.54) is 45.1 Å². The summed E-state index contributed by atoms with van der Waals surface area (Å²) in [5, 5.41) is 3.81. The van der Waals surface area contributed by atoms with Gasteiger partial charge in [-0.1, -0.05) is 31.0 Å². The molecule has 1 heterocycles. The third-order valence-electron chi connectivity index (χ3n) is 6.10. The molecule has 1 aromatic rings. The largest absolute Gasteiger partial charge is 0.313 e. The molecule has 0 spiro atoms. The summed E-state index contributed by atoms with van der Waals surface area (Å²) in [6, 6.07) is 7.68. The minimum atomic E-state index is 0. The van der Waals surface area contributed by atoms with Crippen LogP contribution in [0.1, 0.15) is 48.8 Å². The van der Waals surface area contributed by atoms with Crippen LogP contribution < -0.4 is 5.32 Å². The molecular weight excluding hydrogens is 301 g/mol. The molecule has 2 fully saturated rings. The third kappa shape index (κ3) is 2.33. The molecule has 21 heavy (non-hydrogen) atoms. The van der Waals surface area contributed by atoms with Crippen molar-refractivity contribution in [2.24, 2.45) is 5.92 Å². The number of aryl methyl sites for hydroxylation is 1. The highest BCUT2D eigenvalue weighted by Crippen LogP contribution is 2.54. The fraction of sp³-hybridized carbons (Fsp3) is 0.667. The maximum atomic E-state index is 6.07. The zero-order valence-electron chi connectivity index (χ0n) is 12.5. The van der Waals surface area contributed by atoms with Crippen LogP contribution in [0.5, 0.6) is 0 Å². The molecule has 0 radical (unpaired) electrons. The lowest BCUT2D eigenvalue weighted by molar-refractivity contribution is 0.0790. The highest BCUT2D eigenvalue weighted by atomic mass is 35.5. The molecule has 3 heteroatoms. The second-order valence-corrected chi connectivity index (χ2v) is 7.29. The normalized spacial score (nSPS) is 33.6. The predicted molar refractivity (Wildman–Crippen MR) is 91.9 cm³/mol. The summed E-state index contributed by atoms with van der Waals surface area (Å²) in [7, 11) is 0. The second-order valence-electron chi connectivity index (χ2n) is 6.91. The molecule has 1 aromatic carbocycles. The SMILES string of the molecule is Cl.ClCCc1cccc2c1[C@@]13CCCC[C@H]1[C@@H](C2)NCC3. The molecule has 0 aromatic heterocycles. The van der Waals surface area contributed by atoms with Gasteiger partial charge in [0.15, 0.2) is 0 Å². The van der Waals surface area contributed by atoms with Gasteiger partial charge in [0.2, 0.25) is 0 Å². The Bertz CT molecular complexity index is 498. The van der Waals surface area contributed by atoms with Crippen LogP contribution in [0, 0.1) is 5.92 Å². The molecule has 2 bridgehead atoms. The maximum Gasteiger partial charge on any atom is 0.0264 e. The molecule has 4 rings (SSSR count). The van der Waals surface area contributed by atoms with Crippen molar-refractivity contribution in [2.45, 2.75) is 56.4 Å². The van der Waals surface area contributed by atoms with Crippen LogP contribution in [-0.2, 0) is 18.3 Å². The Morgan fingerprint density at radius 2 is 2.14 bits per heavy atom. The fourth-order valence-electron chi connectivity index (χ4n) is 5.45. The van der Waals surface area contributed by atoms with Gasteiger partial charge in [0.25, 0.3) is 0 Å². The van der Waals surface area contributed by atoms with Crippen LogP contribution in [0.3, 0.4) is 0 Å². The van der Waals surface area contributed by atoms with E-state index in [9.17, 15) is 0 Å². The summed E-state index contributed by atoms with van der Waals surface area (Å²) in [4.78, 5) is 0. The van der Waals surface area contributed by atoms with Gasteiger partial charge in [-0.15, -0.1) is 24.0 Å². The van der Waals surface area contributed by atoms with Gasteiger partial charge in [-0.05, 0) is 61.3 Å². The summed E-state index contributed by atoms with van der Waals surface area (Å²) < 4.78 is 0. The first-order chi connectivity index (χ1) is 9.85. The standard InChI is InChI=1S/C18H24ClN.ClH/c19-10-7-13-4-3-5-14-12-16-15-6-1-2-8-18(15,17(13)14)9-11-20-16;/h3-5,15-16,20H,1-2,6-12H2;1H/t15-,16+,18+;/m0./s1. The topological polar surface area (TPSA) is 12.0 Å². The zero-order valence-corrected chi connectivity index (χ0v) is 14.1. The number of benzene rings is 1. The summed E-state index contributed by atoms with van der Waals surface area (Å²) in [5.74, 6) is 1.62. The van der Waals surface area contributed by atoms with E-state index in [2.05, 4.69) is 23.5 Å². The summed E-state index contributed by atoms with van der Waals surface area (Å²) in [5.41, 5.74) is 5.36. The lowest BCUT2D eigenvalue weighted by Gasteiger charge is -2.56. The Hall–Kier alpha value is -0.240. The van der Waals surface area contributed by atoms with Gasteiger partial charge in [0.05, 0.1) is 0 Å². The van der Waals surface area contributed by atoms with E-state index < -0.39 is 0 Å². The van der Waals surface area contributed by atoms with Crippen molar-refractivity contribution in [3.8, 4) is 0 Å². The van der Waals surface area contributed by atoms with E-state index in [1.807, 2.05) is 0 Å². The Balaban J connectivity index is 0.00000132. The second kappa shape index (κ2) is 6.10. The lowest BCUT2D eigenvalue weighted by atomic mass is 9.52. The number of rotatable bonds is 2. The van der Waals surface area contributed by atoms with Crippen molar-refractivity contribution in [3.05, 3.63) is 34.9 Å².